The summed E-state index contributed by atoms with van der Waals surface area (Å²) in [6, 6.07) is 11.2. The number of hydrogen-bond donors (Lipinski definition) is 2. The molecule has 3 aromatic rings. The summed E-state index contributed by atoms with van der Waals surface area (Å²) in [5.41, 5.74) is 0.990. The molecule has 2 amide bonds. The normalized spacial score (nSPS) is 12.0. The molecule has 7 nitrogen and oxygen atoms in total. The maximum Gasteiger partial charge on any atom is 0.253 e. The lowest BCUT2D eigenvalue weighted by Gasteiger charge is -2.20. The second-order valence-corrected chi connectivity index (χ2v) is 10.2. The molecule has 0 radical (unpaired) electrons. The van der Waals surface area contributed by atoms with E-state index in [9.17, 15) is 9.59 Å². The molecule has 0 saturated carbocycles. The van der Waals surface area contributed by atoms with Crippen LogP contribution >= 0.6 is 46.6 Å². The van der Waals surface area contributed by atoms with Gasteiger partial charge in [-0.2, -0.15) is 0 Å². The Labute approximate surface area is 217 Å². The number of aromatic nitrogens is 3. The predicted molar refractivity (Wildman–Crippen MR) is 138 cm³/mol. The van der Waals surface area contributed by atoms with Crippen LogP contribution in [0, 0.1) is 5.92 Å². The quantitative estimate of drug-likeness (QED) is 0.324. The van der Waals surface area contributed by atoms with Crippen LogP contribution in [0.1, 0.15) is 42.5 Å². The smallest absolute Gasteiger partial charge is 0.253 e. The Bertz CT molecular complexity index is 1170. The minimum atomic E-state index is -0.394. The van der Waals surface area contributed by atoms with Crippen molar-refractivity contribution in [1.29, 1.82) is 0 Å². The first-order valence-corrected chi connectivity index (χ1v) is 12.6. The van der Waals surface area contributed by atoms with Crippen LogP contribution in [0.2, 0.25) is 15.1 Å². The summed E-state index contributed by atoms with van der Waals surface area (Å²) >= 11 is 19.3. The molecule has 0 saturated heterocycles. The fourth-order valence-electron chi connectivity index (χ4n) is 3.23. The van der Waals surface area contributed by atoms with E-state index in [1.165, 1.54) is 17.8 Å². The summed E-state index contributed by atoms with van der Waals surface area (Å²) in [5.74, 6) is 0.515. The van der Waals surface area contributed by atoms with E-state index < -0.39 is 6.04 Å². The predicted octanol–water partition coefficient (Wildman–Crippen LogP) is 6.02. The Morgan fingerprint density at radius 3 is 2.35 bits per heavy atom. The maximum atomic E-state index is 12.9. The third kappa shape index (κ3) is 7.12. The summed E-state index contributed by atoms with van der Waals surface area (Å²) in [4.78, 5) is 25.2. The number of benzene rings is 2. The molecule has 0 aliphatic carbocycles. The van der Waals surface area contributed by atoms with Crippen molar-refractivity contribution in [2.45, 2.75) is 31.5 Å². The second kappa shape index (κ2) is 11.9. The van der Waals surface area contributed by atoms with Gasteiger partial charge in [-0.15, -0.1) is 10.2 Å². The number of halogens is 3. The van der Waals surface area contributed by atoms with Gasteiger partial charge in [0, 0.05) is 22.8 Å². The molecule has 3 rings (SSSR count). The van der Waals surface area contributed by atoms with Gasteiger partial charge in [-0.3, -0.25) is 9.59 Å². The first-order valence-electron chi connectivity index (χ1n) is 10.5. The Morgan fingerprint density at radius 1 is 1.03 bits per heavy atom. The van der Waals surface area contributed by atoms with Crippen molar-refractivity contribution in [2.24, 2.45) is 13.0 Å². The lowest BCUT2D eigenvalue weighted by atomic mass is 10.0. The fourth-order valence-corrected chi connectivity index (χ4v) is 4.56. The van der Waals surface area contributed by atoms with Crippen LogP contribution in [0.25, 0.3) is 0 Å². The van der Waals surface area contributed by atoms with Crippen LogP contribution < -0.4 is 10.6 Å². The summed E-state index contributed by atoms with van der Waals surface area (Å²) in [5, 5.41) is 16.2. The minimum absolute atomic E-state index is 0.149. The maximum absolute atomic E-state index is 12.9. The van der Waals surface area contributed by atoms with E-state index in [0.717, 1.165) is 0 Å². The average Bonchev–Trinajstić information content (AvgIpc) is 3.13. The number of hydrogen-bond acceptors (Lipinski definition) is 5. The van der Waals surface area contributed by atoms with Crippen LogP contribution in [0.4, 0.5) is 5.69 Å². The number of amides is 2. The van der Waals surface area contributed by atoms with E-state index in [4.69, 9.17) is 34.8 Å². The molecule has 11 heteroatoms. The van der Waals surface area contributed by atoms with Gasteiger partial charge in [0.25, 0.3) is 5.91 Å². The van der Waals surface area contributed by atoms with Crippen molar-refractivity contribution in [3.05, 3.63) is 68.9 Å². The molecular formula is C23H24Cl3N5O2S. The highest BCUT2D eigenvalue weighted by atomic mass is 35.5. The lowest BCUT2D eigenvalue weighted by Crippen LogP contribution is -2.31. The van der Waals surface area contributed by atoms with Gasteiger partial charge in [0.2, 0.25) is 5.91 Å². The van der Waals surface area contributed by atoms with Gasteiger partial charge in [-0.25, -0.2) is 0 Å². The molecule has 0 bridgehead atoms. The van der Waals surface area contributed by atoms with E-state index in [-0.39, 0.29) is 28.5 Å². The first-order chi connectivity index (χ1) is 16.1. The van der Waals surface area contributed by atoms with Gasteiger partial charge < -0.3 is 15.2 Å². The van der Waals surface area contributed by atoms with Gasteiger partial charge in [-0.05, 0) is 54.8 Å². The molecule has 0 aliphatic heterocycles. The number of carbonyl (C=O) groups is 2. The van der Waals surface area contributed by atoms with E-state index in [1.54, 1.807) is 41.0 Å². The molecule has 0 spiro atoms. The van der Waals surface area contributed by atoms with Crippen LogP contribution in [0.3, 0.4) is 0 Å². The van der Waals surface area contributed by atoms with E-state index >= 15 is 0 Å². The number of rotatable bonds is 9. The molecule has 2 aromatic carbocycles. The van der Waals surface area contributed by atoms with Crippen molar-refractivity contribution < 1.29 is 9.59 Å². The lowest BCUT2D eigenvalue weighted by molar-refractivity contribution is -0.113. The van der Waals surface area contributed by atoms with Crippen LogP contribution in [0.5, 0.6) is 0 Å². The molecule has 180 valence electrons. The van der Waals surface area contributed by atoms with Crippen LogP contribution in [0.15, 0.2) is 47.6 Å². The van der Waals surface area contributed by atoms with Crippen LogP contribution in [-0.4, -0.2) is 32.3 Å². The second-order valence-electron chi connectivity index (χ2n) is 8.02. The van der Waals surface area contributed by atoms with Crippen molar-refractivity contribution in [3.63, 3.8) is 0 Å². The Morgan fingerprint density at radius 2 is 1.71 bits per heavy atom. The zero-order chi connectivity index (χ0) is 24.8. The molecule has 0 unspecified atom stereocenters. The monoisotopic (exact) mass is 539 g/mol. The Hall–Kier alpha value is -2.26. The van der Waals surface area contributed by atoms with Gasteiger partial charge in [0.15, 0.2) is 11.0 Å². The number of anilines is 1. The molecule has 34 heavy (non-hydrogen) atoms. The van der Waals surface area contributed by atoms with Crippen molar-refractivity contribution in [1.82, 2.24) is 20.1 Å². The molecule has 0 aliphatic rings. The molecule has 1 atom stereocenters. The molecule has 0 fully saturated rings. The first kappa shape index (κ1) is 26.3. The zero-order valence-electron chi connectivity index (χ0n) is 18.8. The standard InChI is InChI=1S/C23H24Cl3N5O2S/c1-13(2)10-19(28-22(33)17-9-6-15(25)11-18(17)26)21-29-30-23(31(21)3)34-12-20(32)27-16-7-4-14(24)5-8-16/h4-9,11,13,19H,10,12H2,1-3H3,(H,27,32)(H,28,33)/t19-/m0/s1. The zero-order valence-corrected chi connectivity index (χ0v) is 21.9. The topological polar surface area (TPSA) is 88.9 Å². The minimum Gasteiger partial charge on any atom is -0.342 e. The summed E-state index contributed by atoms with van der Waals surface area (Å²) in [6.07, 6.45) is 0.643. The molecule has 2 N–H and O–H groups in total. The van der Waals surface area contributed by atoms with Gasteiger partial charge in [0.05, 0.1) is 22.4 Å². The highest BCUT2D eigenvalue weighted by Gasteiger charge is 2.24. The number of carbonyl (C=O) groups excluding carboxylic acids is 2. The van der Waals surface area contributed by atoms with Gasteiger partial charge in [-0.1, -0.05) is 60.4 Å². The highest BCUT2D eigenvalue weighted by molar-refractivity contribution is 7.99. The third-order valence-corrected chi connectivity index (χ3v) is 6.65. The van der Waals surface area contributed by atoms with Crippen molar-refractivity contribution in [3.8, 4) is 0 Å². The van der Waals surface area contributed by atoms with Crippen LogP contribution in [-0.2, 0) is 11.8 Å². The largest absolute Gasteiger partial charge is 0.342 e. The SMILES string of the molecule is CC(C)C[C@H](NC(=O)c1ccc(Cl)cc1Cl)c1nnc(SCC(=O)Nc2ccc(Cl)cc2)n1C. The van der Waals surface area contributed by atoms with Crippen molar-refractivity contribution in [2.75, 3.05) is 11.1 Å². The average molecular weight is 541 g/mol. The number of thioether (sulfide) groups is 1. The molecule has 1 heterocycles. The summed E-state index contributed by atoms with van der Waals surface area (Å²) < 4.78 is 1.79. The van der Waals surface area contributed by atoms with E-state index in [1.807, 2.05) is 7.05 Å². The Balaban J connectivity index is 1.69. The highest BCUT2D eigenvalue weighted by Crippen LogP contribution is 2.26. The number of nitrogens with one attached hydrogen (secondary N) is 2. The fraction of sp³-hybridized carbons (Fsp3) is 0.304. The molecular weight excluding hydrogens is 517 g/mol. The van der Waals surface area contributed by atoms with E-state index in [0.29, 0.717) is 38.7 Å². The summed E-state index contributed by atoms with van der Waals surface area (Å²) in [7, 11) is 1.81. The third-order valence-electron chi connectivity index (χ3n) is 4.83. The van der Waals surface area contributed by atoms with Crippen molar-refractivity contribution >= 4 is 64.1 Å². The summed E-state index contributed by atoms with van der Waals surface area (Å²) in [6.45, 7) is 4.11. The van der Waals surface area contributed by atoms with Gasteiger partial charge in [0.1, 0.15) is 0 Å². The molecule has 1 aromatic heterocycles. The van der Waals surface area contributed by atoms with Gasteiger partial charge >= 0.3 is 0 Å². The van der Waals surface area contributed by atoms with E-state index in [2.05, 4.69) is 34.7 Å². The Kier molecular flexibility index (Phi) is 9.24. The number of nitrogens with zero attached hydrogens (tertiary/aromatic N) is 3.